The fourth-order valence-corrected chi connectivity index (χ4v) is 10.4. The molecule has 2 aromatic carbocycles. The van der Waals surface area contributed by atoms with E-state index in [1.165, 1.54) is 7.11 Å². The highest BCUT2D eigenvalue weighted by Gasteiger charge is 2.42. The van der Waals surface area contributed by atoms with E-state index < -0.39 is 11.5 Å². The number of imide groups is 1. The molecule has 3 aromatic rings. The van der Waals surface area contributed by atoms with Crippen molar-refractivity contribution < 1.29 is 38.6 Å². The molecule has 8 rings (SSSR count). The number of nitrogens with zero attached hydrogens (tertiary/aromatic N) is 6. The van der Waals surface area contributed by atoms with Gasteiger partial charge in [-0.3, -0.25) is 29.3 Å². The Labute approximate surface area is 374 Å². The average Bonchev–Trinajstić information content (AvgIpc) is 3.85. The van der Waals surface area contributed by atoms with E-state index in [4.69, 9.17) is 14.5 Å². The van der Waals surface area contributed by atoms with Crippen LogP contribution >= 0.6 is 0 Å². The minimum absolute atomic E-state index is 0.0478. The zero-order chi connectivity index (χ0) is 45.1. The minimum atomic E-state index is -0.692. The Morgan fingerprint density at radius 3 is 2.34 bits per heavy atom. The summed E-state index contributed by atoms with van der Waals surface area (Å²) in [5, 5.41) is 19.1. The lowest BCUT2D eigenvalue weighted by Gasteiger charge is -2.44. The van der Waals surface area contributed by atoms with Crippen molar-refractivity contribution in [2.75, 3.05) is 74.1 Å². The first-order chi connectivity index (χ1) is 31.0. The number of hydrogen-bond acceptors (Lipinski definition) is 13. The van der Waals surface area contributed by atoms with Crippen LogP contribution in [0, 0.1) is 5.92 Å². The molecule has 1 aliphatic carbocycles. The van der Waals surface area contributed by atoms with Crippen molar-refractivity contribution in [3.8, 4) is 11.5 Å². The quantitative estimate of drug-likeness (QED) is 0.173. The van der Waals surface area contributed by atoms with Gasteiger partial charge in [-0.1, -0.05) is 25.8 Å². The molecule has 5 aliphatic rings. The predicted molar refractivity (Wildman–Crippen MR) is 241 cm³/mol. The van der Waals surface area contributed by atoms with E-state index in [0.29, 0.717) is 106 Å². The molecular formula is C47H61N9O8. The van der Waals surface area contributed by atoms with Gasteiger partial charge in [0.2, 0.25) is 29.6 Å². The highest BCUT2D eigenvalue weighted by molar-refractivity contribution is 6.04. The van der Waals surface area contributed by atoms with Crippen LogP contribution in [-0.4, -0.2) is 121 Å². The zero-order valence-corrected chi connectivity index (χ0v) is 37.4. The molecule has 2 atom stereocenters. The molecule has 5 amide bonds. The van der Waals surface area contributed by atoms with Gasteiger partial charge in [-0.2, -0.15) is 4.98 Å². The number of fused-ring (bicyclic) bond motifs is 1. The van der Waals surface area contributed by atoms with Crippen molar-refractivity contribution >= 4 is 58.4 Å². The molecule has 0 spiro atoms. The normalized spacial score (nSPS) is 21.7. The van der Waals surface area contributed by atoms with Gasteiger partial charge in [-0.15, -0.1) is 0 Å². The summed E-state index contributed by atoms with van der Waals surface area (Å²) in [6.45, 7) is 4.22. The number of amides is 5. The van der Waals surface area contributed by atoms with E-state index in [2.05, 4.69) is 30.7 Å². The van der Waals surface area contributed by atoms with Gasteiger partial charge in [0.15, 0.2) is 5.82 Å². The number of aromatic nitrogens is 2. The van der Waals surface area contributed by atoms with Crippen molar-refractivity contribution in [2.24, 2.45) is 5.92 Å². The van der Waals surface area contributed by atoms with Crippen molar-refractivity contribution in [2.45, 2.75) is 108 Å². The molecule has 1 unspecified atom stereocenters. The summed E-state index contributed by atoms with van der Waals surface area (Å²) >= 11 is 0. The van der Waals surface area contributed by atoms with Gasteiger partial charge in [0.25, 0.3) is 5.91 Å². The molecule has 1 saturated carbocycles. The summed E-state index contributed by atoms with van der Waals surface area (Å²) in [6, 6.07) is 10.9. The molecule has 0 bridgehead atoms. The second-order valence-corrected chi connectivity index (χ2v) is 17.8. The van der Waals surface area contributed by atoms with E-state index in [9.17, 15) is 29.1 Å². The van der Waals surface area contributed by atoms with Crippen LogP contribution < -0.4 is 40.1 Å². The van der Waals surface area contributed by atoms with E-state index in [1.54, 1.807) is 43.5 Å². The Bertz CT molecular complexity index is 2250. The smallest absolute Gasteiger partial charge is 0.251 e. The van der Waals surface area contributed by atoms with Crippen molar-refractivity contribution in [3.05, 3.63) is 53.7 Å². The first-order valence-electron chi connectivity index (χ1n) is 22.8. The molecule has 3 saturated heterocycles. The maximum atomic E-state index is 13.9. The van der Waals surface area contributed by atoms with Crippen LogP contribution in [-0.2, 0) is 19.2 Å². The average molecular weight is 880 g/mol. The highest BCUT2D eigenvalue weighted by Crippen LogP contribution is 2.41. The summed E-state index contributed by atoms with van der Waals surface area (Å²) in [5.41, 5.74) is 2.66. The Balaban J connectivity index is 0.876. The Morgan fingerprint density at radius 1 is 0.938 bits per heavy atom. The second-order valence-electron chi connectivity index (χ2n) is 17.8. The van der Waals surface area contributed by atoms with E-state index in [1.807, 2.05) is 30.0 Å². The van der Waals surface area contributed by atoms with Gasteiger partial charge in [0, 0.05) is 86.6 Å². The SMILES string of the molecule is CC[C@@H]1C(=O)N(C)c2cnc(Nc3ccc(C(=O)NC4(CCO)CCN(C(=O)C5CCN(c6ccc(C7CCC(=O)NC7=O)c(OC)c6)CC5)CC4)cc3OC)nc2N1C1CCCC1. The molecule has 0 radical (unpaired) electrons. The number of rotatable bonds is 13. The first kappa shape index (κ1) is 44.6. The molecule has 64 heavy (non-hydrogen) atoms. The van der Waals surface area contributed by atoms with E-state index in [-0.39, 0.29) is 60.6 Å². The van der Waals surface area contributed by atoms with Crippen LogP contribution in [0.2, 0.25) is 0 Å². The molecule has 4 N–H and O–H groups in total. The van der Waals surface area contributed by atoms with Gasteiger partial charge in [0.05, 0.1) is 32.0 Å². The van der Waals surface area contributed by atoms with Gasteiger partial charge in [-0.25, -0.2) is 4.98 Å². The summed E-state index contributed by atoms with van der Waals surface area (Å²) in [4.78, 5) is 82.8. The number of nitrogens with one attached hydrogen (secondary N) is 3. The Kier molecular flexibility index (Phi) is 13.3. The molecule has 5 heterocycles. The number of benzene rings is 2. The lowest BCUT2D eigenvalue weighted by Crippen LogP contribution is -2.57. The standard InChI is InChI=1S/C47H61N9O8/c1-5-36-45(62)53(2)37-28-48-46(51-41(37)56(36)31-8-6-7-9-31)49-35-14-10-30(26-39(35)64-4)42(59)52-47(20-25-57)18-23-55(24-19-47)44(61)29-16-21-54(22-17-29)32-11-12-33(38(27-32)63-3)34-13-15-40(58)50-43(34)60/h10-12,14,26-29,31,34,36,57H,5-9,13,15-25H2,1-4H3,(H,52,59)(H,48,49,51)(H,50,58,60)/t34?,36-/m1/s1. The largest absolute Gasteiger partial charge is 0.496 e. The third-order valence-corrected chi connectivity index (χ3v) is 14.2. The van der Waals surface area contributed by atoms with E-state index >= 15 is 0 Å². The Morgan fingerprint density at radius 2 is 1.67 bits per heavy atom. The third kappa shape index (κ3) is 8.91. The molecule has 4 aliphatic heterocycles. The number of piperidine rings is 3. The summed E-state index contributed by atoms with van der Waals surface area (Å²) in [7, 11) is 4.89. The number of aliphatic hydroxyl groups excluding tert-OH is 1. The van der Waals surface area contributed by atoms with Crippen LogP contribution in [0.3, 0.4) is 0 Å². The first-order valence-corrected chi connectivity index (χ1v) is 22.8. The number of methoxy groups -OCH3 is 2. The van der Waals surface area contributed by atoms with Crippen LogP contribution in [0.1, 0.15) is 106 Å². The van der Waals surface area contributed by atoms with Crippen LogP contribution in [0.4, 0.5) is 28.8 Å². The lowest BCUT2D eigenvalue weighted by molar-refractivity contribution is -0.138. The van der Waals surface area contributed by atoms with Gasteiger partial charge >= 0.3 is 0 Å². The van der Waals surface area contributed by atoms with Gasteiger partial charge in [-0.05, 0) is 82.1 Å². The predicted octanol–water partition coefficient (Wildman–Crippen LogP) is 4.65. The minimum Gasteiger partial charge on any atom is -0.496 e. The van der Waals surface area contributed by atoms with Crippen molar-refractivity contribution in [1.29, 1.82) is 0 Å². The van der Waals surface area contributed by atoms with Gasteiger partial charge in [0.1, 0.15) is 23.2 Å². The second kappa shape index (κ2) is 19.0. The lowest BCUT2D eigenvalue weighted by atomic mass is 9.83. The number of aliphatic hydroxyl groups is 1. The van der Waals surface area contributed by atoms with Crippen LogP contribution in [0.5, 0.6) is 11.5 Å². The maximum Gasteiger partial charge on any atom is 0.251 e. The molecule has 17 heteroatoms. The molecular weight excluding hydrogens is 819 g/mol. The number of hydrogen-bond donors (Lipinski definition) is 4. The van der Waals surface area contributed by atoms with Crippen molar-refractivity contribution in [3.63, 3.8) is 0 Å². The topological polar surface area (TPSA) is 199 Å². The molecule has 342 valence electrons. The van der Waals surface area contributed by atoms with Gasteiger partial charge < -0.3 is 44.8 Å². The Hall–Kier alpha value is -5.97. The highest BCUT2D eigenvalue weighted by atomic mass is 16.5. The number of anilines is 5. The van der Waals surface area contributed by atoms with Crippen LogP contribution in [0.25, 0.3) is 0 Å². The zero-order valence-electron chi connectivity index (χ0n) is 37.4. The fourth-order valence-electron chi connectivity index (χ4n) is 10.4. The summed E-state index contributed by atoms with van der Waals surface area (Å²) in [5.74, 6) is 0.830. The maximum absolute atomic E-state index is 13.9. The number of carbonyl (C=O) groups excluding carboxylic acids is 5. The number of ether oxygens (including phenoxy) is 2. The monoisotopic (exact) mass is 879 g/mol. The summed E-state index contributed by atoms with van der Waals surface area (Å²) < 4.78 is 11.4. The summed E-state index contributed by atoms with van der Waals surface area (Å²) in [6.07, 6.45) is 10.1. The van der Waals surface area contributed by atoms with Crippen LogP contribution in [0.15, 0.2) is 42.6 Å². The molecule has 4 fully saturated rings. The van der Waals surface area contributed by atoms with E-state index in [0.717, 1.165) is 42.8 Å². The number of carbonyl (C=O) groups is 5. The van der Waals surface area contributed by atoms with Crippen molar-refractivity contribution in [1.82, 2.24) is 25.5 Å². The number of likely N-dealkylation sites (tertiary alicyclic amines) is 1. The third-order valence-electron chi connectivity index (χ3n) is 14.2. The fraction of sp³-hybridized carbons (Fsp3) is 0.553. The molecule has 17 nitrogen and oxygen atoms in total. The number of likely N-dealkylation sites (N-methyl/N-ethyl adjacent to an activating group) is 1. The molecule has 1 aromatic heterocycles.